The number of nitrogen functional groups attached to an aromatic ring is 1. The van der Waals surface area contributed by atoms with Gasteiger partial charge in [0.25, 0.3) is 5.91 Å². The summed E-state index contributed by atoms with van der Waals surface area (Å²) in [5, 5.41) is 0. The zero-order valence-corrected chi connectivity index (χ0v) is 10.4. The number of anilines is 1. The minimum atomic E-state index is -0.0336. The van der Waals surface area contributed by atoms with E-state index >= 15 is 0 Å². The maximum atomic E-state index is 12.3. The van der Waals surface area contributed by atoms with Crippen LogP contribution in [0.25, 0.3) is 0 Å². The first-order chi connectivity index (χ1) is 9.24. The summed E-state index contributed by atoms with van der Waals surface area (Å²) in [5.41, 5.74) is 9.43. The van der Waals surface area contributed by atoms with Gasteiger partial charge in [-0.2, -0.15) is 0 Å². The minimum Gasteiger partial charge on any atom is -0.399 e. The first kappa shape index (κ1) is 11.6. The third kappa shape index (κ3) is 2.27. The Morgan fingerprint density at radius 2 is 2.00 bits per heavy atom. The highest BCUT2D eigenvalue weighted by atomic mass is 16.2. The fourth-order valence-electron chi connectivity index (χ4n) is 2.34. The number of fused-ring (bicyclic) bond motifs is 1. The molecule has 1 aromatic heterocycles. The molecule has 0 radical (unpaired) electrons. The van der Waals surface area contributed by atoms with Crippen LogP contribution in [0, 0.1) is 0 Å². The molecule has 2 heterocycles. The monoisotopic (exact) mass is 254 g/mol. The number of aromatic nitrogens is 2. The molecular weight excluding hydrogens is 240 g/mol. The Balaban J connectivity index is 1.84. The van der Waals surface area contributed by atoms with E-state index in [4.69, 9.17) is 5.73 Å². The Kier molecular flexibility index (Phi) is 2.87. The molecule has 1 aliphatic heterocycles. The topological polar surface area (TPSA) is 72.1 Å². The van der Waals surface area contributed by atoms with Gasteiger partial charge in [-0.3, -0.25) is 4.79 Å². The van der Waals surface area contributed by atoms with Crippen molar-refractivity contribution in [2.45, 2.75) is 13.0 Å². The van der Waals surface area contributed by atoms with Crippen LogP contribution in [-0.4, -0.2) is 27.3 Å². The van der Waals surface area contributed by atoms with E-state index in [-0.39, 0.29) is 5.91 Å². The highest BCUT2D eigenvalue weighted by Gasteiger charge is 2.22. The third-order valence-electron chi connectivity index (χ3n) is 3.34. The number of nitrogens with two attached hydrogens (primary N) is 1. The van der Waals surface area contributed by atoms with Crippen LogP contribution in [0.3, 0.4) is 0 Å². The standard InChI is InChI=1S/C14H14N4O/c15-13-2-1-10-3-4-18(8-11(10)5-13)14(19)12-6-16-9-17-7-12/h1-2,5-7,9H,3-4,8,15H2. The van der Waals surface area contributed by atoms with Crippen molar-refractivity contribution in [1.29, 1.82) is 0 Å². The van der Waals surface area contributed by atoms with Crippen LogP contribution in [0.2, 0.25) is 0 Å². The van der Waals surface area contributed by atoms with Gasteiger partial charge in [0.1, 0.15) is 6.33 Å². The van der Waals surface area contributed by atoms with Crippen molar-refractivity contribution in [2.75, 3.05) is 12.3 Å². The van der Waals surface area contributed by atoms with Gasteiger partial charge in [0.15, 0.2) is 0 Å². The highest BCUT2D eigenvalue weighted by Crippen LogP contribution is 2.22. The average molecular weight is 254 g/mol. The van der Waals surface area contributed by atoms with E-state index in [0.29, 0.717) is 18.7 Å². The van der Waals surface area contributed by atoms with Crippen molar-refractivity contribution in [1.82, 2.24) is 14.9 Å². The molecule has 1 aliphatic rings. The van der Waals surface area contributed by atoms with Crippen molar-refractivity contribution in [3.05, 3.63) is 53.6 Å². The smallest absolute Gasteiger partial charge is 0.257 e. The molecule has 96 valence electrons. The molecule has 0 atom stereocenters. The second-order valence-corrected chi connectivity index (χ2v) is 4.63. The summed E-state index contributed by atoms with van der Waals surface area (Å²) in [6.07, 6.45) is 5.37. The quantitative estimate of drug-likeness (QED) is 0.777. The summed E-state index contributed by atoms with van der Waals surface area (Å²) in [6, 6.07) is 5.88. The predicted octanol–water partition coefficient (Wildman–Crippen LogP) is 1.26. The molecule has 5 nitrogen and oxygen atoms in total. The second kappa shape index (κ2) is 4.68. The Hall–Kier alpha value is -2.43. The Bertz CT molecular complexity index is 612. The summed E-state index contributed by atoms with van der Waals surface area (Å²) in [6.45, 7) is 1.30. The van der Waals surface area contributed by atoms with Crippen LogP contribution >= 0.6 is 0 Å². The van der Waals surface area contributed by atoms with Gasteiger partial charge in [0.2, 0.25) is 0 Å². The molecule has 2 N–H and O–H groups in total. The van der Waals surface area contributed by atoms with E-state index in [0.717, 1.165) is 17.7 Å². The van der Waals surface area contributed by atoms with E-state index in [1.54, 1.807) is 17.3 Å². The Morgan fingerprint density at radius 1 is 1.21 bits per heavy atom. The number of hydrogen-bond donors (Lipinski definition) is 1. The fourth-order valence-corrected chi connectivity index (χ4v) is 2.34. The van der Waals surface area contributed by atoms with Crippen molar-refractivity contribution in [3.8, 4) is 0 Å². The lowest BCUT2D eigenvalue weighted by atomic mass is 9.99. The summed E-state index contributed by atoms with van der Waals surface area (Å²) in [4.78, 5) is 21.9. The lowest BCUT2D eigenvalue weighted by Crippen LogP contribution is -2.36. The third-order valence-corrected chi connectivity index (χ3v) is 3.34. The molecule has 0 saturated heterocycles. The number of carbonyl (C=O) groups is 1. The van der Waals surface area contributed by atoms with Crippen LogP contribution in [0.1, 0.15) is 21.5 Å². The van der Waals surface area contributed by atoms with Gasteiger partial charge in [-0.1, -0.05) is 6.07 Å². The van der Waals surface area contributed by atoms with Crippen molar-refractivity contribution in [3.63, 3.8) is 0 Å². The maximum absolute atomic E-state index is 12.3. The summed E-state index contributed by atoms with van der Waals surface area (Å²) >= 11 is 0. The molecule has 3 rings (SSSR count). The summed E-state index contributed by atoms with van der Waals surface area (Å²) in [5.74, 6) is -0.0336. The molecule has 5 heteroatoms. The molecule has 0 aliphatic carbocycles. The van der Waals surface area contributed by atoms with Gasteiger partial charge in [0.05, 0.1) is 5.56 Å². The number of amides is 1. The number of carbonyl (C=O) groups excluding carboxylic acids is 1. The second-order valence-electron chi connectivity index (χ2n) is 4.63. The molecule has 1 amide bonds. The molecule has 0 saturated carbocycles. The zero-order valence-electron chi connectivity index (χ0n) is 10.4. The van der Waals surface area contributed by atoms with Crippen LogP contribution in [0.5, 0.6) is 0 Å². The van der Waals surface area contributed by atoms with Crippen LogP contribution < -0.4 is 5.73 Å². The highest BCUT2D eigenvalue weighted by molar-refractivity contribution is 5.93. The molecular formula is C14H14N4O. The largest absolute Gasteiger partial charge is 0.399 e. The van der Waals surface area contributed by atoms with E-state index in [2.05, 4.69) is 9.97 Å². The van der Waals surface area contributed by atoms with Crippen LogP contribution in [0.15, 0.2) is 36.9 Å². The SMILES string of the molecule is Nc1ccc2c(c1)CN(C(=O)c1cncnc1)CC2. The van der Waals surface area contributed by atoms with Gasteiger partial charge < -0.3 is 10.6 Å². The minimum absolute atomic E-state index is 0.0336. The van der Waals surface area contributed by atoms with Gasteiger partial charge in [-0.05, 0) is 29.7 Å². The number of nitrogens with zero attached hydrogens (tertiary/aromatic N) is 3. The molecule has 0 unspecified atom stereocenters. The first-order valence-electron chi connectivity index (χ1n) is 6.15. The van der Waals surface area contributed by atoms with Crippen LogP contribution in [0.4, 0.5) is 5.69 Å². The Morgan fingerprint density at radius 3 is 2.79 bits per heavy atom. The van der Waals surface area contributed by atoms with Gasteiger partial charge in [-0.25, -0.2) is 9.97 Å². The molecule has 1 aromatic carbocycles. The van der Waals surface area contributed by atoms with Gasteiger partial charge >= 0.3 is 0 Å². The predicted molar refractivity (Wildman–Crippen MR) is 71.3 cm³/mol. The van der Waals surface area contributed by atoms with E-state index in [1.807, 2.05) is 18.2 Å². The van der Waals surface area contributed by atoms with E-state index < -0.39 is 0 Å². The summed E-state index contributed by atoms with van der Waals surface area (Å²) in [7, 11) is 0. The molecule has 0 fully saturated rings. The Labute approximate surface area is 111 Å². The maximum Gasteiger partial charge on any atom is 0.257 e. The van der Waals surface area contributed by atoms with Crippen molar-refractivity contribution < 1.29 is 4.79 Å². The number of rotatable bonds is 1. The zero-order chi connectivity index (χ0) is 13.2. The first-order valence-corrected chi connectivity index (χ1v) is 6.15. The number of benzene rings is 1. The van der Waals surface area contributed by atoms with E-state index in [1.165, 1.54) is 11.9 Å². The van der Waals surface area contributed by atoms with Crippen molar-refractivity contribution >= 4 is 11.6 Å². The number of hydrogen-bond acceptors (Lipinski definition) is 4. The van der Waals surface area contributed by atoms with Gasteiger partial charge in [-0.15, -0.1) is 0 Å². The van der Waals surface area contributed by atoms with Crippen molar-refractivity contribution in [2.24, 2.45) is 0 Å². The van der Waals surface area contributed by atoms with E-state index in [9.17, 15) is 4.79 Å². The fraction of sp³-hybridized carbons (Fsp3) is 0.214. The average Bonchev–Trinajstić information content (AvgIpc) is 2.46. The lowest BCUT2D eigenvalue weighted by Gasteiger charge is -2.29. The molecule has 0 bridgehead atoms. The summed E-state index contributed by atoms with van der Waals surface area (Å²) < 4.78 is 0. The normalized spacial score (nSPS) is 14.0. The molecule has 2 aromatic rings. The molecule has 19 heavy (non-hydrogen) atoms. The molecule has 0 spiro atoms. The lowest BCUT2D eigenvalue weighted by molar-refractivity contribution is 0.0734. The van der Waals surface area contributed by atoms with Gasteiger partial charge in [0, 0.05) is 31.2 Å². The van der Waals surface area contributed by atoms with Crippen LogP contribution in [-0.2, 0) is 13.0 Å².